The van der Waals surface area contributed by atoms with Gasteiger partial charge in [-0.3, -0.25) is 14.4 Å². The molecule has 1 aliphatic rings. The minimum absolute atomic E-state index is 0.0712. The van der Waals surface area contributed by atoms with Crippen LogP contribution in [-0.2, 0) is 14.3 Å². The Bertz CT molecular complexity index is 754. The summed E-state index contributed by atoms with van der Waals surface area (Å²) in [6.07, 6.45) is 2.77. The summed E-state index contributed by atoms with van der Waals surface area (Å²) in [5, 5.41) is 14.4. The third-order valence-electron chi connectivity index (χ3n) is 4.44. The quantitative estimate of drug-likeness (QED) is 0.738. The zero-order valence-corrected chi connectivity index (χ0v) is 15.1. The molecule has 2 rings (SSSR count). The summed E-state index contributed by atoms with van der Waals surface area (Å²) < 4.78 is 18.1. The molecule has 1 aromatic rings. The highest BCUT2D eigenvalue weighted by Crippen LogP contribution is 2.27. The fourth-order valence-electron chi connectivity index (χ4n) is 2.93. The van der Waals surface area contributed by atoms with Gasteiger partial charge in [0.15, 0.2) is 6.10 Å². The normalized spacial score (nSPS) is 16.5. The molecular weight excluding hydrogens is 353 g/mol. The second-order valence-corrected chi connectivity index (χ2v) is 6.57. The van der Waals surface area contributed by atoms with Crippen LogP contribution in [0, 0.1) is 17.1 Å². The highest BCUT2D eigenvalue weighted by atomic mass is 19.1. The SMILES string of the molecule is C[C@@H](OC(=O)CNC(=O)c1cccc(F)c1)C(=O)NC1(C#N)CCCCC1. The molecule has 8 heteroatoms. The second kappa shape index (κ2) is 9.12. The first-order valence-corrected chi connectivity index (χ1v) is 8.82. The molecule has 1 atom stereocenters. The van der Waals surface area contributed by atoms with Gasteiger partial charge in [-0.1, -0.05) is 25.3 Å². The van der Waals surface area contributed by atoms with Crippen molar-refractivity contribution in [2.45, 2.75) is 50.7 Å². The summed E-state index contributed by atoms with van der Waals surface area (Å²) in [5.41, 5.74) is -0.844. The topological polar surface area (TPSA) is 108 Å². The first kappa shape index (κ1) is 20.4. The molecule has 0 radical (unpaired) electrons. The van der Waals surface area contributed by atoms with E-state index in [2.05, 4.69) is 16.7 Å². The van der Waals surface area contributed by atoms with Gasteiger partial charge in [-0.25, -0.2) is 4.39 Å². The number of hydrogen-bond donors (Lipinski definition) is 2. The molecular formula is C19H22FN3O4. The number of nitrogens with zero attached hydrogens (tertiary/aromatic N) is 1. The van der Waals surface area contributed by atoms with Crippen LogP contribution in [0.2, 0.25) is 0 Å². The Morgan fingerprint density at radius 2 is 2.00 bits per heavy atom. The molecule has 144 valence electrons. The molecule has 0 saturated heterocycles. The van der Waals surface area contributed by atoms with E-state index in [0.717, 1.165) is 25.3 Å². The highest BCUT2D eigenvalue weighted by Gasteiger charge is 2.35. The van der Waals surface area contributed by atoms with Gasteiger partial charge in [-0.2, -0.15) is 5.26 Å². The van der Waals surface area contributed by atoms with Crippen LogP contribution >= 0.6 is 0 Å². The summed E-state index contributed by atoms with van der Waals surface area (Å²) in [6.45, 7) is 0.936. The molecule has 1 aliphatic carbocycles. The molecule has 1 fully saturated rings. The predicted molar refractivity (Wildman–Crippen MR) is 93.9 cm³/mol. The van der Waals surface area contributed by atoms with E-state index in [1.165, 1.54) is 25.1 Å². The molecule has 2 amide bonds. The number of hydrogen-bond acceptors (Lipinski definition) is 5. The summed E-state index contributed by atoms with van der Waals surface area (Å²) in [6, 6.07) is 7.19. The molecule has 0 unspecified atom stereocenters. The summed E-state index contributed by atoms with van der Waals surface area (Å²) >= 11 is 0. The van der Waals surface area contributed by atoms with Gasteiger partial charge in [0.2, 0.25) is 0 Å². The smallest absolute Gasteiger partial charge is 0.326 e. The van der Waals surface area contributed by atoms with E-state index in [1.54, 1.807) is 0 Å². The maximum atomic E-state index is 13.1. The lowest BCUT2D eigenvalue weighted by Gasteiger charge is -2.32. The number of nitrogens with one attached hydrogen (secondary N) is 2. The lowest BCUT2D eigenvalue weighted by Crippen LogP contribution is -2.52. The first-order valence-electron chi connectivity index (χ1n) is 8.82. The highest BCUT2D eigenvalue weighted by molar-refractivity contribution is 5.96. The first-order chi connectivity index (χ1) is 12.8. The van der Waals surface area contributed by atoms with Crippen molar-refractivity contribution in [1.82, 2.24) is 10.6 Å². The Hall–Kier alpha value is -2.95. The molecule has 0 aromatic heterocycles. The Kier molecular flexibility index (Phi) is 6.88. The van der Waals surface area contributed by atoms with Gasteiger partial charge in [-0.15, -0.1) is 0 Å². The molecule has 7 nitrogen and oxygen atoms in total. The Labute approximate surface area is 156 Å². The predicted octanol–water partition coefficient (Wildman–Crippen LogP) is 1.83. The van der Waals surface area contributed by atoms with Crippen LogP contribution in [0.4, 0.5) is 4.39 Å². The van der Waals surface area contributed by atoms with E-state index in [-0.39, 0.29) is 5.56 Å². The summed E-state index contributed by atoms with van der Waals surface area (Å²) in [5.74, 6) is -2.56. The van der Waals surface area contributed by atoms with E-state index in [1.807, 2.05) is 0 Å². The number of benzene rings is 1. The number of carbonyl (C=O) groups excluding carboxylic acids is 3. The zero-order chi connectivity index (χ0) is 19.9. The lowest BCUT2D eigenvalue weighted by molar-refractivity contribution is -0.154. The third-order valence-corrected chi connectivity index (χ3v) is 4.44. The number of carbonyl (C=O) groups is 3. The summed E-state index contributed by atoms with van der Waals surface area (Å²) in [4.78, 5) is 35.9. The van der Waals surface area contributed by atoms with E-state index in [0.29, 0.717) is 12.8 Å². The van der Waals surface area contributed by atoms with Crippen molar-refractivity contribution in [1.29, 1.82) is 5.26 Å². The van der Waals surface area contributed by atoms with Gasteiger partial charge in [0.25, 0.3) is 11.8 Å². The molecule has 0 heterocycles. The van der Waals surface area contributed by atoms with Crippen LogP contribution in [-0.4, -0.2) is 36.0 Å². The Morgan fingerprint density at radius 3 is 2.63 bits per heavy atom. The number of esters is 1. The number of rotatable bonds is 6. The average molecular weight is 375 g/mol. The van der Waals surface area contributed by atoms with Gasteiger partial charge in [0, 0.05) is 5.56 Å². The van der Waals surface area contributed by atoms with Crippen molar-refractivity contribution in [2.75, 3.05) is 6.54 Å². The second-order valence-electron chi connectivity index (χ2n) is 6.57. The fourth-order valence-corrected chi connectivity index (χ4v) is 2.93. The molecule has 0 bridgehead atoms. The van der Waals surface area contributed by atoms with Crippen molar-refractivity contribution in [3.05, 3.63) is 35.6 Å². The van der Waals surface area contributed by atoms with E-state index >= 15 is 0 Å². The van der Waals surface area contributed by atoms with Crippen LogP contribution in [0.5, 0.6) is 0 Å². The van der Waals surface area contributed by atoms with Gasteiger partial charge in [0.1, 0.15) is 17.9 Å². The monoisotopic (exact) mass is 375 g/mol. The molecule has 2 N–H and O–H groups in total. The van der Waals surface area contributed by atoms with Crippen molar-refractivity contribution >= 4 is 17.8 Å². The summed E-state index contributed by atoms with van der Waals surface area (Å²) in [7, 11) is 0. The maximum Gasteiger partial charge on any atom is 0.326 e. The van der Waals surface area contributed by atoms with Crippen molar-refractivity contribution < 1.29 is 23.5 Å². The molecule has 1 saturated carbocycles. The van der Waals surface area contributed by atoms with Gasteiger partial charge in [-0.05, 0) is 38.0 Å². The van der Waals surface area contributed by atoms with E-state index in [9.17, 15) is 24.0 Å². The Balaban J connectivity index is 1.81. The number of halogens is 1. The number of amides is 2. The van der Waals surface area contributed by atoms with E-state index in [4.69, 9.17) is 4.74 Å². The van der Waals surface area contributed by atoms with Crippen molar-refractivity contribution in [2.24, 2.45) is 0 Å². The van der Waals surface area contributed by atoms with Gasteiger partial charge in [0.05, 0.1) is 6.07 Å². The van der Waals surface area contributed by atoms with Crippen molar-refractivity contribution in [3.63, 3.8) is 0 Å². The largest absolute Gasteiger partial charge is 0.451 e. The minimum Gasteiger partial charge on any atom is -0.451 e. The zero-order valence-electron chi connectivity index (χ0n) is 15.1. The maximum absolute atomic E-state index is 13.1. The van der Waals surface area contributed by atoms with Crippen LogP contribution in [0.1, 0.15) is 49.4 Å². The van der Waals surface area contributed by atoms with Crippen molar-refractivity contribution in [3.8, 4) is 6.07 Å². The Morgan fingerprint density at radius 1 is 1.30 bits per heavy atom. The van der Waals surface area contributed by atoms with E-state index < -0.39 is 41.8 Å². The van der Waals surface area contributed by atoms with Crippen LogP contribution in [0.25, 0.3) is 0 Å². The molecule has 0 aliphatic heterocycles. The fraction of sp³-hybridized carbons (Fsp3) is 0.474. The van der Waals surface area contributed by atoms with Crippen LogP contribution in [0.3, 0.4) is 0 Å². The number of nitriles is 1. The minimum atomic E-state index is -1.10. The van der Waals surface area contributed by atoms with Gasteiger partial charge >= 0.3 is 5.97 Å². The molecule has 1 aromatic carbocycles. The van der Waals surface area contributed by atoms with Crippen LogP contribution in [0.15, 0.2) is 24.3 Å². The standard InChI is InChI=1S/C19H22FN3O4/c1-13(17(25)23-19(12-21)8-3-2-4-9-19)27-16(24)11-22-18(26)14-6-5-7-15(20)10-14/h5-7,10,13H,2-4,8-9,11H2,1H3,(H,22,26)(H,23,25)/t13-/m1/s1. The molecule has 0 spiro atoms. The van der Waals surface area contributed by atoms with Crippen LogP contribution < -0.4 is 10.6 Å². The third kappa shape index (κ3) is 5.78. The number of ether oxygens (including phenoxy) is 1. The molecule has 27 heavy (non-hydrogen) atoms. The average Bonchev–Trinajstić information content (AvgIpc) is 2.66. The lowest BCUT2D eigenvalue weighted by atomic mass is 9.83. The van der Waals surface area contributed by atoms with Gasteiger partial charge < -0.3 is 15.4 Å².